The second-order valence-electron chi connectivity index (χ2n) is 7.48. The number of pyridine rings is 1. The van der Waals surface area contributed by atoms with Gasteiger partial charge in [0.1, 0.15) is 5.82 Å². The molecule has 0 radical (unpaired) electrons. The van der Waals surface area contributed by atoms with Crippen LogP contribution in [-0.2, 0) is 11.3 Å². The third-order valence-electron chi connectivity index (χ3n) is 5.12. The predicted octanol–water partition coefficient (Wildman–Crippen LogP) is 3.74. The molecule has 0 spiro atoms. The number of para-hydroxylation sites is 1. The van der Waals surface area contributed by atoms with Gasteiger partial charge in [-0.2, -0.15) is 0 Å². The topological polar surface area (TPSA) is 53.0 Å². The van der Waals surface area contributed by atoms with Crippen LogP contribution in [0.3, 0.4) is 0 Å². The van der Waals surface area contributed by atoms with Gasteiger partial charge in [0, 0.05) is 51.6 Å². The average Bonchev–Trinajstić information content (AvgIpc) is 3.17. The Morgan fingerprint density at radius 3 is 2.83 bits per heavy atom. The van der Waals surface area contributed by atoms with Gasteiger partial charge in [-0.05, 0) is 38.0 Å². The maximum atomic E-state index is 5.62. The van der Waals surface area contributed by atoms with E-state index >= 15 is 0 Å². The van der Waals surface area contributed by atoms with Crippen LogP contribution in [-0.4, -0.2) is 62.8 Å². The number of likely N-dealkylation sites (tertiary alicyclic amines) is 1. The summed E-state index contributed by atoms with van der Waals surface area (Å²) in [7, 11) is 4.05. The summed E-state index contributed by atoms with van der Waals surface area (Å²) in [5, 5.41) is 4.64. The molecule has 1 aliphatic heterocycles. The molecule has 6 nitrogen and oxygen atoms in total. The number of nitrogens with zero attached hydrogens (tertiary/aromatic N) is 4. The molecule has 1 saturated heterocycles. The van der Waals surface area contributed by atoms with Gasteiger partial charge in [-0.15, -0.1) is 24.0 Å². The van der Waals surface area contributed by atoms with Gasteiger partial charge in [0.25, 0.3) is 0 Å². The summed E-state index contributed by atoms with van der Waals surface area (Å²) in [6, 6.07) is 10.5. The Labute approximate surface area is 191 Å². The number of nitrogens with one attached hydrogen (secondary N) is 1. The van der Waals surface area contributed by atoms with Gasteiger partial charge >= 0.3 is 0 Å². The maximum absolute atomic E-state index is 5.62. The van der Waals surface area contributed by atoms with Crippen LogP contribution in [0.1, 0.15) is 25.8 Å². The first-order valence-electron chi connectivity index (χ1n) is 10.3. The van der Waals surface area contributed by atoms with Crippen molar-refractivity contribution in [2.75, 3.05) is 51.8 Å². The SMILES string of the molecule is CCNC(=NCc1cc(N(C)C)nc2ccccc12)N1CCC(COCC)C1.I. The molecule has 1 unspecified atom stereocenters. The number of halogens is 1. The van der Waals surface area contributed by atoms with Gasteiger partial charge in [0.15, 0.2) is 5.96 Å². The molecule has 1 aliphatic rings. The van der Waals surface area contributed by atoms with Crippen molar-refractivity contribution in [1.29, 1.82) is 0 Å². The standard InChI is InChI=1S/C22H33N5O.HI/c1-5-23-22(27-12-11-17(15-27)16-28-6-2)24-14-18-13-21(26(3)4)25-20-10-8-7-9-19(18)20;/h7-10,13,17H,5-6,11-12,14-16H2,1-4H3,(H,23,24);1H. The number of hydrogen-bond donors (Lipinski definition) is 1. The number of aromatic nitrogens is 1. The van der Waals surface area contributed by atoms with Crippen LogP contribution in [0.25, 0.3) is 10.9 Å². The zero-order chi connectivity index (χ0) is 19.9. The van der Waals surface area contributed by atoms with E-state index in [1.165, 1.54) is 10.9 Å². The summed E-state index contributed by atoms with van der Waals surface area (Å²) >= 11 is 0. The lowest BCUT2D eigenvalue weighted by Gasteiger charge is -2.22. The van der Waals surface area contributed by atoms with Crippen molar-refractivity contribution in [1.82, 2.24) is 15.2 Å². The zero-order valence-corrected chi connectivity index (χ0v) is 20.3. The number of hydrogen-bond acceptors (Lipinski definition) is 4. The van der Waals surface area contributed by atoms with E-state index in [1.807, 2.05) is 25.1 Å². The van der Waals surface area contributed by atoms with Crippen molar-refractivity contribution in [3.8, 4) is 0 Å². The number of rotatable bonds is 7. The molecule has 1 atom stereocenters. The second-order valence-corrected chi connectivity index (χ2v) is 7.48. The molecule has 160 valence electrons. The molecular weight excluding hydrogens is 477 g/mol. The fraction of sp³-hybridized carbons (Fsp3) is 0.545. The normalized spacial score (nSPS) is 16.8. The molecule has 0 aliphatic carbocycles. The number of guanidine groups is 1. The summed E-state index contributed by atoms with van der Waals surface area (Å²) in [6.07, 6.45) is 1.16. The quantitative estimate of drug-likeness (QED) is 0.349. The van der Waals surface area contributed by atoms with E-state index in [0.29, 0.717) is 12.5 Å². The summed E-state index contributed by atoms with van der Waals surface area (Å²) < 4.78 is 5.62. The average molecular weight is 511 g/mol. The molecule has 1 aromatic carbocycles. The van der Waals surface area contributed by atoms with Gasteiger partial charge in [0.05, 0.1) is 18.7 Å². The van der Waals surface area contributed by atoms with Gasteiger partial charge in [0.2, 0.25) is 0 Å². The van der Waals surface area contributed by atoms with E-state index < -0.39 is 0 Å². The minimum atomic E-state index is 0. The molecule has 0 bridgehead atoms. The molecule has 1 fully saturated rings. The minimum Gasteiger partial charge on any atom is -0.381 e. The fourth-order valence-electron chi connectivity index (χ4n) is 3.62. The van der Waals surface area contributed by atoms with Crippen LogP contribution < -0.4 is 10.2 Å². The first-order chi connectivity index (χ1) is 13.6. The Bertz CT molecular complexity index is 811. The van der Waals surface area contributed by atoms with Gasteiger partial charge < -0.3 is 19.9 Å². The van der Waals surface area contributed by atoms with Crippen LogP contribution in [0, 0.1) is 5.92 Å². The van der Waals surface area contributed by atoms with E-state index in [1.54, 1.807) is 0 Å². The van der Waals surface area contributed by atoms with Gasteiger partial charge in [-0.3, -0.25) is 0 Å². The summed E-state index contributed by atoms with van der Waals surface area (Å²) in [6.45, 7) is 9.34. The highest BCUT2D eigenvalue weighted by molar-refractivity contribution is 14.0. The van der Waals surface area contributed by atoms with E-state index in [0.717, 1.165) is 56.6 Å². The number of ether oxygens (including phenoxy) is 1. The first kappa shape index (κ1) is 23.7. The minimum absolute atomic E-state index is 0. The number of anilines is 1. The van der Waals surface area contributed by atoms with Crippen LogP contribution >= 0.6 is 24.0 Å². The molecule has 2 heterocycles. The predicted molar refractivity (Wildman–Crippen MR) is 132 cm³/mol. The lowest BCUT2D eigenvalue weighted by Crippen LogP contribution is -2.40. The number of fused-ring (bicyclic) bond motifs is 1. The Kier molecular flexibility index (Phi) is 9.42. The van der Waals surface area contributed by atoms with Crippen molar-refractivity contribution in [2.45, 2.75) is 26.8 Å². The highest BCUT2D eigenvalue weighted by atomic mass is 127. The molecule has 3 rings (SSSR count). The van der Waals surface area contributed by atoms with E-state index in [9.17, 15) is 0 Å². The summed E-state index contributed by atoms with van der Waals surface area (Å²) in [5.41, 5.74) is 2.22. The third kappa shape index (κ3) is 6.18. The number of benzene rings is 1. The van der Waals surface area contributed by atoms with Crippen molar-refractivity contribution >= 4 is 46.7 Å². The largest absolute Gasteiger partial charge is 0.381 e. The lowest BCUT2D eigenvalue weighted by molar-refractivity contribution is 0.114. The van der Waals surface area contributed by atoms with Crippen molar-refractivity contribution in [2.24, 2.45) is 10.9 Å². The molecule has 0 amide bonds. The lowest BCUT2D eigenvalue weighted by atomic mass is 10.1. The second kappa shape index (κ2) is 11.5. The molecule has 2 aromatic rings. The molecule has 29 heavy (non-hydrogen) atoms. The van der Waals surface area contributed by atoms with Crippen LogP contribution in [0.2, 0.25) is 0 Å². The fourth-order valence-corrected chi connectivity index (χ4v) is 3.62. The van der Waals surface area contributed by atoms with E-state index in [-0.39, 0.29) is 24.0 Å². The van der Waals surface area contributed by atoms with E-state index in [4.69, 9.17) is 14.7 Å². The first-order valence-corrected chi connectivity index (χ1v) is 10.3. The highest BCUT2D eigenvalue weighted by Crippen LogP contribution is 2.23. The molecule has 7 heteroatoms. The Morgan fingerprint density at radius 1 is 1.31 bits per heavy atom. The van der Waals surface area contributed by atoms with Gasteiger partial charge in [-0.25, -0.2) is 9.98 Å². The van der Waals surface area contributed by atoms with Crippen LogP contribution in [0.4, 0.5) is 5.82 Å². The van der Waals surface area contributed by atoms with E-state index in [2.05, 4.69) is 48.3 Å². The monoisotopic (exact) mass is 511 g/mol. The Hall–Kier alpha value is -1.61. The summed E-state index contributed by atoms with van der Waals surface area (Å²) in [5.74, 6) is 2.55. The van der Waals surface area contributed by atoms with Crippen LogP contribution in [0.15, 0.2) is 35.3 Å². The highest BCUT2D eigenvalue weighted by Gasteiger charge is 2.24. The smallest absolute Gasteiger partial charge is 0.194 e. The zero-order valence-electron chi connectivity index (χ0n) is 18.0. The van der Waals surface area contributed by atoms with Crippen molar-refractivity contribution in [3.05, 3.63) is 35.9 Å². The number of aliphatic imine (C=N–C) groups is 1. The molecule has 1 N–H and O–H groups in total. The summed E-state index contributed by atoms with van der Waals surface area (Å²) in [4.78, 5) is 14.1. The van der Waals surface area contributed by atoms with Gasteiger partial charge in [-0.1, -0.05) is 18.2 Å². The van der Waals surface area contributed by atoms with Crippen LogP contribution in [0.5, 0.6) is 0 Å². The molecule has 0 saturated carbocycles. The Morgan fingerprint density at radius 2 is 2.10 bits per heavy atom. The maximum Gasteiger partial charge on any atom is 0.194 e. The molecule has 1 aromatic heterocycles. The van der Waals surface area contributed by atoms with Crippen molar-refractivity contribution in [3.63, 3.8) is 0 Å². The third-order valence-corrected chi connectivity index (χ3v) is 5.12. The Balaban J connectivity index is 0.00000300. The molecular formula is C22H34IN5O. The van der Waals surface area contributed by atoms with Crippen molar-refractivity contribution < 1.29 is 4.74 Å².